The topological polar surface area (TPSA) is 51.0 Å². The number of hydrogen-bond donors (Lipinski definition) is 0. The molecule has 2 aliphatic rings. The second kappa shape index (κ2) is 6.74. The number of aromatic nitrogens is 3. The predicted octanol–water partition coefficient (Wildman–Crippen LogP) is 3.47. The van der Waals surface area contributed by atoms with E-state index in [4.69, 9.17) is 0 Å². The Morgan fingerprint density at radius 3 is 2.38 bits per heavy atom. The molecule has 1 saturated carbocycles. The van der Waals surface area contributed by atoms with Crippen LogP contribution in [0.1, 0.15) is 36.5 Å². The van der Waals surface area contributed by atoms with Crippen LogP contribution < -0.4 is 0 Å². The standard InChI is InChI=1S/C18H16F6N4O/c19-11-6-13(21)12(20)5-10(11)7-17(1-2-17)8-15(29)27-3-4-28-14(9-27)25-26-16(28)18(22,23)24/h5-6H,1-4,7-9H2. The highest BCUT2D eigenvalue weighted by molar-refractivity contribution is 5.77. The summed E-state index contributed by atoms with van der Waals surface area (Å²) in [5.41, 5.74) is -0.549. The number of hydrogen-bond acceptors (Lipinski definition) is 3. The summed E-state index contributed by atoms with van der Waals surface area (Å²) < 4.78 is 80.1. The van der Waals surface area contributed by atoms with E-state index in [1.165, 1.54) is 4.90 Å². The maximum absolute atomic E-state index is 13.9. The molecule has 11 heteroatoms. The number of amides is 1. The van der Waals surface area contributed by atoms with Gasteiger partial charge in [0.05, 0.1) is 6.54 Å². The third kappa shape index (κ3) is 3.82. The Kier molecular flexibility index (Phi) is 4.58. The molecule has 1 aromatic carbocycles. The van der Waals surface area contributed by atoms with Crippen LogP contribution in [0.3, 0.4) is 0 Å². The second-order valence-electron chi connectivity index (χ2n) is 7.62. The summed E-state index contributed by atoms with van der Waals surface area (Å²) in [6, 6.07) is 1.29. The molecule has 1 amide bonds. The van der Waals surface area contributed by atoms with Crippen molar-refractivity contribution in [2.75, 3.05) is 6.54 Å². The molecule has 0 saturated heterocycles. The van der Waals surface area contributed by atoms with Crippen molar-refractivity contribution in [1.29, 1.82) is 0 Å². The Bertz CT molecular complexity index is 966. The van der Waals surface area contributed by atoms with Crippen molar-refractivity contribution in [2.24, 2.45) is 5.41 Å². The van der Waals surface area contributed by atoms with E-state index in [1.807, 2.05) is 0 Å². The van der Waals surface area contributed by atoms with E-state index in [-0.39, 0.29) is 49.8 Å². The van der Waals surface area contributed by atoms with Crippen molar-refractivity contribution in [3.63, 3.8) is 0 Å². The van der Waals surface area contributed by atoms with Gasteiger partial charge in [-0.1, -0.05) is 0 Å². The van der Waals surface area contributed by atoms with Crippen LogP contribution in [0, 0.1) is 22.9 Å². The molecule has 1 aliphatic heterocycles. The molecule has 156 valence electrons. The molecule has 1 aliphatic carbocycles. The first kappa shape index (κ1) is 19.7. The smallest absolute Gasteiger partial charge is 0.333 e. The van der Waals surface area contributed by atoms with Crippen LogP contribution in [-0.4, -0.2) is 32.1 Å². The highest BCUT2D eigenvalue weighted by Crippen LogP contribution is 2.52. The number of carbonyl (C=O) groups is 1. The lowest BCUT2D eigenvalue weighted by Gasteiger charge is -2.29. The van der Waals surface area contributed by atoms with Gasteiger partial charge in [0.15, 0.2) is 17.5 Å². The van der Waals surface area contributed by atoms with Crippen molar-refractivity contribution >= 4 is 5.91 Å². The van der Waals surface area contributed by atoms with E-state index in [2.05, 4.69) is 10.2 Å². The first-order chi connectivity index (χ1) is 13.6. The number of nitrogens with zero attached hydrogens (tertiary/aromatic N) is 4. The molecule has 2 aromatic rings. The summed E-state index contributed by atoms with van der Waals surface area (Å²) in [6.45, 7) is -0.103. The van der Waals surface area contributed by atoms with Crippen LogP contribution in [-0.2, 0) is 30.5 Å². The fourth-order valence-electron chi connectivity index (χ4n) is 3.71. The molecule has 1 aromatic heterocycles. The van der Waals surface area contributed by atoms with Gasteiger partial charge in [0.25, 0.3) is 0 Å². The quantitative estimate of drug-likeness (QED) is 0.565. The number of carbonyl (C=O) groups excluding carboxylic acids is 1. The Morgan fingerprint density at radius 2 is 1.72 bits per heavy atom. The second-order valence-corrected chi connectivity index (χ2v) is 7.62. The lowest BCUT2D eigenvalue weighted by Crippen LogP contribution is -2.40. The van der Waals surface area contributed by atoms with Crippen LogP contribution in [0.4, 0.5) is 26.3 Å². The Hall–Kier alpha value is -2.59. The van der Waals surface area contributed by atoms with Crippen LogP contribution >= 0.6 is 0 Å². The largest absolute Gasteiger partial charge is 0.451 e. The van der Waals surface area contributed by atoms with E-state index in [1.54, 1.807) is 0 Å². The Balaban J connectivity index is 1.44. The summed E-state index contributed by atoms with van der Waals surface area (Å²) in [5.74, 6) is -4.63. The summed E-state index contributed by atoms with van der Waals surface area (Å²) in [7, 11) is 0. The Morgan fingerprint density at radius 1 is 1.03 bits per heavy atom. The van der Waals surface area contributed by atoms with Crippen molar-refractivity contribution in [1.82, 2.24) is 19.7 Å². The molecule has 1 fully saturated rings. The molecule has 0 radical (unpaired) electrons. The third-order valence-corrected chi connectivity index (χ3v) is 5.50. The molecule has 0 unspecified atom stereocenters. The van der Waals surface area contributed by atoms with Gasteiger partial charge in [0, 0.05) is 25.6 Å². The first-order valence-electron chi connectivity index (χ1n) is 8.98. The lowest BCUT2D eigenvalue weighted by atomic mass is 9.92. The van der Waals surface area contributed by atoms with Crippen LogP contribution in [0.15, 0.2) is 12.1 Å². The summed E-state index contributed by atoms with van der Waals surface area (Å²) >= 11 is 0. The molecule has 29 heavy (non-hydrogen) atoms. The molecule has 0 bridgehead atoms. The SMILES string of the molecule is O=C(CC1(Cc2cc(F)c(F)cc2F)CC1)N1CCn2c(nnc2C(F)(F)F)C1. The van der Waals surface area contributed by atoms with Gasteiger partial charge in [0.1, 0.15) is 5.82 Å². The zero-order valence-electron chi connectivity index (χ0n) is 15.1. The van der Waals surface area contributed by atoms with Crippen molar-refractivity contribution in [2.45, 2.75) is 44.9 Å². The number of halogens is 6. The summed E-state index contributed by atoms with van der Waals surface area (Å²) in [4.78, 5) is 14.1. The van der Waals surface area contributed by atoms with Gasteiger partial charge < -0.3 is 9.47 Å². The molecule has 0 atom stereocenters. The van der Waals surface area contributed by atoms with Crippen LogP contribution in [0.5, 0.6) is 0 Å². The van der Waals surface area contributed by atoms with Gasteiger partial charge in [0.2, 0.25) is 11.7 Å². The molecule has 4 rings (SSSR count). The minimum atomic E-state index is -4.62. The van der Waals surface area contributed by atoms with Crippen molar-refractivity contribution in [3.05, 3.63) is 46.8 Å². The number of rotatable bonds is 4. The van der Waals surface area contributed by atoms with E-state index < -0.39 is 34.9 Å². The average molecular weight is 418 g/mol. The van der Waals surface area contributed by atoms with Crippen molar-refractivity contribution < 1.29 is 31.1 Å². The summed E-state index contributed by atoms with van der Waals surface area (Å²) in [6.07, 6.45) is -3.24. The molecule has 2 heterocycles. The maximum Gasteiger partial charge on any atom is 0.451 e. The number of benzene rings is 1. The fourth-order valence-corrected chi connectivity index (χ4v) is 3.71. The van der Waals surface area contributed by atoms with Crippen molar-refractivity contribution in [3.8, 4) is 0 Å². The zero-order valence-corrected chi connectivity index (χ0v) is 15.1. The molecule has 0 N–H and O–H groups in total. The number of fused-ring (bicyclic) bond motifs is 1. The van der Waals surface area contributed by atoms with Gasteiger partial charge in [-0.05, 0) is 36.3 Å². The van der Waals surface area contributed by atoms with Gasteiger partial charge in [-0.3, -0.25) is 4.79 Å². The monoisotopic (exact) mass is 418 g/mol. The molecule has 0 spiro atoms. The van der Waals surface area contributed by atoms with Crippen LogP contribution in [0.2, 0.25) is 0 Å². The Labute approximate surface area is 161 Å². The minimum Gasteiger partial charge on any atom is -0.333 e. The van der Waals surface area contributed by atoms with E-state index in [0.717, 1.165) is 10.6 Å². The molecular formula is C18H16F6N4O. The van der Waals surface area contributed by atoms with E-state index in [0.29, 0.717) is 18.9 Å². The van der Waals surface area contributed by atoms with Gasteiger partial charge in [-0.25, -0.2) is 13.2 Å². The minimum absolute atomic E-state index is 0.00223. The van der Waals surface area contributed by atoms with E-state index in [9.17, 15) is 31.1 Å². The van der Waals surface area contributed by atoms with E-state index >= 15 is 0 Å². The molecule has 5 nitrogen and oxygen atoms in total. The average Bonchev–Trinajstić information content (AvgIpc) is 3.23. The predicted molar refractivity (Wildman–Crippen MR) is 86.7 cm³/mol. The summed E-state index contributed by atoms with van der Waals surface area (Å²) in [5, 5.41) is 6.71. The molecular weight excluding hydrogens is 402 g/mol. The number of alkyl halides is 3. The van der Waals surface area contributed by atoms with Crippen LogP contribution in [0.25, 0.3) is 0 Å². The zero-order chi connectivity index (χ0) is 21.0. The normalized spacial score (nSPS) is 17.9. The van der Waals surface area contributed by atoms with Gasteiger partial charge in [-0.15, -0.1) is 10.2 Å². The first-order valence-corrected chi connectivity index (χ1v) is 8.98. The lowest BCUT2D eigenvalue weighted by molar-refractivity contribution is -0.148. The highest BCUT2D eigenvalue weighted by atomic mass is 19.4. The fraction of sp³-hybridized carbons (Fsp3) is 0.500. The van der Waals surface area contributed by atoms with Gasteiger partial charge in [-0.2, -0.15) is 13.2 Å². The van der Waals surface area contributed by atoms with Gasteiger partial charge >= 0.3 is 6.18 Å². The third-order valence-electron chi connectivity index (χ3n) is 5.50. The highest BCUT2D eigenvalue weighted by Gasteiger charge is 2.46. The maximum atomic E-state index is 13.9.